The van der Waals surface area contributed by atoms with Crippen molar-refractivity contribution in [3.05, 3.63) is 52.1 Å². The van der Waals surface area contributed by atoms with Crippen LogP contribution in [0.1, 0.15) is 41.7 Å². The fourth-order valence-corrected chi connectivity index (χ4v) is 3.03. The zero-order chi connectivity index (χ0) is 20.4. The highest BCUT2D eigenvalue weighted by atomic mass is 16.5. The lowest BCUT2D eigenvalue weighted by Crippen LogP contribution is -2.33. The second-order valence-electron chi connectivity index (χ2n) is 7.64. The quantitative estimate of drug-likeness (QED) is 0.749. The lowest BCUT2D eigenvalue weighted by atomic mass is 10.0. The van der Waals surface area contributed by atoms with Gasteiger partial charge in [0.15, 0.2) is 0 Å². The molecule has 0 aliphatic carbocycles. The Morgan fingerprint density at radius 2 is 1.41 bits per heavy atom. The summed E-state index contributed by atoms with van der Waals surface area (Å²) in [5, 5.41) is 18.4. The summed E-state index contributed by atoms with van der Waals surface area (Å²) in [6, 6.07) is 7.49. The Kier molecular flexibility index (Phi) is 6.16. The fraction of sp³-hybridized carbons (Fsp3) is 0.409. The predicted molar refractivity (Wildman–Crippen MR) is 105 cm³/mol. The number of aryl methyl sites for hydroxylation is 4. The molecule has 0 fully saturated rings. The van der Waals surface area contributed by atoms with Gasteiger partial charge in [-0.3, -0.25) is 4.79 Å². The number of carboxylic acid groups (broad SMARTS) is 1. The largest absolute Gasteiger partial charge is 0.485 e. The SMILES string of the molecule is Cc1cc(CC(=O)O)cc(C)c1Oc1cc(C)c(OC(C)(C)CO)c(C)c1. The van der Waals surface area contributed by atoms with Crippen LogP contribution >= 0.6 is 0 Å². The number of hydrogen-bond donors (Lipinski definition) is 2. The molecule has 146 valence electrons. The van der Waals surface area contributed by atoms with E-state index in [1.54, 1.807) is 0 Å². The van der Waals surface area contributed by atoms with Gasteiger partial charge in [0.25, 0.3) is 0 Å². The predicted octanol–water partition coefficient (Wildman–Crippen LogP) is 4.49. The standard InChI is InChI=1S/C22H28O5/c1-13-7-17(11-19(24)25)8-14(2)20(13)26-18-9-15(3)21(16(4)10-18)27-22(5,6)12-23/h7-10,23H,11-12H2,1-6H3,(H,24,25). The normalized spacial score (nSPS) is 11.4. The molecule has 27 heavy (non-hydrogen) atoms. The lowest BCUT2D eigenvalue weighted by molar-refractivity contribution is -0.136. The van der Waals surface area contributed by atoms with E-state index in [1.165, 1.54) is 0 Å². The Labute approximate surface area is 160 Å². The number of aliphatic carboxylic acids is 1. The molecule has 0 unspecified atom stereocenters. The molecule has 2 rings (SSSR count). The minimum atomic E-state index is -0.852. The minimum absolute atomic E-state index is 0.00709. The molecule has 0 heterocycles. The molecule has 0 aliphatic rings. The van der Waals surface area contributed by atoms with E-state index in [1.807, 2.05) is 65.8 Å². The monoisotopic (exact) mass is 372 g/mol. The van der Waals surface area contributed by atoms with Crippen molar-refractivity contribution in [1.29, 1.82) is 0 Å². The van der Waals surface area contributed by atoms with Gasteiger partial charge in [0.2, 0.25) is 0 Å². The van der Waals surface area contributed by atoms with Crippen molar-refractivity contribution in [2.75, 3.05) is 6.61 Å². The van der Waals surface area contributed by atoms with Crippen molar-refractivity contribution in [1.82, 2.24) is 0 Å². The topological polar surface area (TPSA) is 76.0 Å². The molecular formula is C22H28O5. The van der Waals surface area contributed by atoms with Gasteiger partial charge in [0.05, 0.1) is 13.0 Å². The number of rotatable bonds is 7. The number of carboxylic acids is 1. The Morgan fingerprint density at radius 3 is 1.85 bits per heavy atom. The van der Waals surface area contributed by atoms with Crippen LogP contribution in [0.4, 0.5) is 0 Å². The molecule has 0 aliphatic heterocycles. The maximum atomic E-state index is 10.9. The van der Waals surface area contributed by atoms with Gasteiger partial charge in [0.1, 0.15) is 22.8 Å². The maximum absolute atomic E-state index is 10.9. The van der Waals surface area contributed by atoms with Crippen LogP contribution in [0.2, 0.25) is 0 Å². The van der Waals surface area contributed by atoms with Gasteiger partial charge >= 0.3 is 5.97 Å². The van der Waals surface area contributed by atoms with Gasteiger partial charge in [-0.25, -0.2) is 0 Å². The van der Waals surface area contributed by atoms with E-state index in [9.17, 15) is 9.90 Å². The van der Waals surface area contributed by atoms with E-state index in [0.29, 0.717) is 5.75 Å². The zero-order valence-electron chi connectivity index (χ0n) is 16.8. The van der Waals surface area contributed by atoms with Crippen LogP contribution in [0.3, 0.4) is 0 Å². The summed E-state index contributed by atoms with van der Waals surface area (Å²) in [4.78, 5) is 10.9. The Hall–Kier alpha value is -2.53. The summed E-state index contributed by atoms with van der Waals surface area (Å²) in [7, 11) is 0. The summed E-state index contributed by atoms with van der Waals surface area (Å²) in [6.07, 6.45) is -0.00709. The first-order valence-electron chi connectivity index (χ1n) is 8.93. The van der Waals surface area contributed by atoms with Gasteiger partial charge in [0, 0.05) is 0 Å². The van der Waals surface area contributed by atoms with Crippen molar-refractivity contribution in [2.24, 2.45) is 0 Å². The number of benzene rings is 2. The van der Waals surface area contributed by atoms with E-state index in [2.05, 4.69) is 0 Å². The van der Waals surface area contributed by atoms with Crippen LogP contribution in [0.25, 0.3) is 0 Å². The molecule has 0 aromatic heterocycles. The second kappa shape index (κ2) is 8.01. The van der Waals surface area contributed by atoms with Gasteiger partial charge < -0.3 is 19.7 Å². The van der Waals surface area contributed by atoms with E-state index in [4.69, 9.17) is 14.6 Å². The van der Waals surface area contributed by atoms with Gasteiger partial charge in [-0.2, -0.15) is 0 Å². The van der Waals surface area contributed by atoms with Crippen LogP contribution in [0.15, 0.2) is 24.3 Å². The Balaban J connectivity index is 2.32. The van der Waals surface area contributed by atoms with Crippen LogP contribution < -0.4 is 9.47 Å². The minimum Gasteiger partial charge on any atom is -0.485 e. The number of hydrogen-bond acceptors (Lipinski definition) is 4. The summed E-state index contributed by atoms with van der Waals surface area (Å²) in [5.74, 6) is 1.31. The first-order valence-corrected chi connectivity index (χ1v) is 8.93. The Bertz CT molecular complexity index is 806. The highest BCUT2D eigenvalue weighted by Gasteiger charge is 2.21. The first-order chi connectivity index (χ1) is 12.5. The van der Waals surface area contributed by atoms with Crippen LogP contribution in [-0.4, -0.2) is 28.4 Å². The average molecular weight is 372 g/mol. The zero-order valence-corrected chi connectivity index (χ0v) is 16.8. The molecule has 0 saturated carbocycles. The summed E-state index contributed by atoms with van der Waals surface area (Å²) in [5.41, 5.74) is 3.72. The third-order valence-corrected chi connectivity index (χ3v) is 4.29. The molecule has 0 radical (unpaired) electrons. The number of aliphatic hydroxyl groups is 1. The summed E-state index contributed by atoms with van der Waals surface area (Å²) < 4.78 is 12.1. The molecule has 0 bridgehead atoms. The van der Waals surface area contributed by atoms with Gasteiger partial charge in [-0.1, -0.05) is 12.1 Å². The fourth-order valence-electron chi connectivity index (χ4n) is 3.03. The summed E-state index contributed by atoms with van der Waals surface area (Å²) in [6.45, 7) is 11.3. The first kappa shape index (κ1) is 20.8. The Morgan fingerprint density at radius 1 is 0.926 bits per heavy atom. The van der Waals surface area contributed by atoms with Crippen molar-refractivity contribution in [3.63, 3.8) is 0 Å². The van der Waals surface area contributed by atoms with Crippen molar-refractivity contribution in [3.8, 4) is 17.2 Å². The maximum Gasteiger partial charge on any atom is 0.307 e. The molecule has 0 amide bonds. The van der Waals surface area contributed by atoms with Gasteiger partial charge in [-0.05, 0) is 81.5 Å². The van der Waals surface area contributed by atoms with E-state index in [0.717, 1.165) is 39.3 Å². The number of aliphatic hydroxyl groups excluding tert-OH is 1. The average Bonchev–Trinajstić information content (AvgIpc) is 2.54. The highest BCUT2D eigenvalue weighted by molar-refractivity contribution is 5.70. The van der Waals surface area contributed by atoms with Crippen LogP contribution in [0.5, 0.6) is 17.2 Å². The molecule has 5 nitrogen and oxygen atoms in total. The highest BCUT2D eigenvalue weighted by Crippen LogP contribution is 2.35. The van der Waals surface area contributed by atoms with E-state index < -0.39 is 11.6 Å². The van der Waals surface area contributed by atoms with Crippen molar-refractivity contribution >= 4 is 5.97 Å². The van der Waals surface area contributed by atoms with E-state index >= 15 is 0 Å². The molecule has 2 aromatic rings. The third kappa shape index (κ3) is 5.23. The number of carbonyl (C=O) groups is 1. The molecule has 0 atom stereocenters. The molecule has 2 N–H and O–H groups in total. The lowest BCUT2D eigenvalue weighted by Gasteiger charge is -2.26. The smallest absolute Gasteiger partial charge is 0.307 e. The molecule has 0 saturated heterocycles. The number of ether oxygens (including phenoxy) is 2. The van der Waals surface area contributed by atoms with Crippen LogP contribution in [-0.2, 0) is 11.2 Å². The van der Waals surface area contributed by atoms with Crippen LogP contribution in [0, 0.1) is 27.7 Å². The third-order valence-electron chi connectivity index (χ3n) is 4.29. The van der Waals surface area contributed by atoms with E-state index in [-0.39, 0.29) is 13.0 Å². The molecule has 5 heteroatoms. The van der Waals surface area contributed by atoms with Gasteiger partial charge in [-0.15, -0.1) is 0 Å². The van der Waals surface area contributed by atoms with Crippen molar-refractivity contribution in [2.45, 2.75) is 53.6 Å². The van der Waals surface area contributed by atoms with Crippen molar-refractivity contribution < 1.29 is 24.5 Å². The molecular weight excluding hydrogens is 344 g/mol. The summed E-state index contributed by atoms with van der Waals surface area (Å²) >= 11 is 0. The molecule has 0 spiro atoms. The molecule has 2 aromatic carbocycles. The second-order valence-corrected chi connectivity index (χ2v) is 7.64.